The maximum absolute atomic E-state index is 11.7. The summed E-state index contributed by atoms with van der Waals surface area (Å²) < 4.78 is 12.1. The lowest BCUT2D eigenvalue weighted by Crippen LogP contribution is -2.25. The van der Waals surface area contributed by atoms with E-state index >= 15 is 0 Å². The second-order valence-electron chi connectivity index (χ2n) is 4.25. The molecule has 0 saturated heterocycles. The second-order valence-corrected chi connectivity index (χ2v) is 4.25. The maximum Gasteiger partial charge on any atom is 0.307 e. The number of nitrogens with one attached hydrogen (secondary N) is 1. The molecule has 1 aromatic rings. The zero-order valence-electron chi connectivity index (χ0n) is 12.3. The molecule has 108 valence electrons. The molecule has 0 radical (unpaired) electrons. The lowest BCUT2D eigenvalue weighted by molar-refractivity contribution is -0.143. The first-order chi connectivity index (χ1) is 9.04. The Morgan fingerprint density at radius 2 is 2.16 bits per heavy atom. The number of methoxy groups -OCH3 is 1. The first-order valence-electron chi connectivity index (χ1n) is 6.51. The number of nitrogens with zero attached hydrogens (tertiary/aromatic N) is 2. The number of aryl methyl sites for hydroxylation is 2. The van der Waals surface area contributed by atoms with Crippen LogP contribution < -0.4 is 10.1 Å². The minimum absolute atomic E-state index is 0.146. The highest BCUT2D eigenvalue weighted by Crippen LogP contribution is 2.30. The number of carbonyl (C=O) groups is 1. The van der Waals surface area contributed by atoms with Crippen LogP contribution in [0.2, 0.25) is 0 Å². The zero-order chi connectivity index (χ0) is 14.4. The Morgan fingerprint density at radius 3 is 2.68 bits per heavy atom. The van der Waals surface area contributed by atoms with Gasteiger partial charge in [0, 0.05) is 13.1 Å². The van der Waals surface area contributed by atoms with Crippen LogP contribution >= 0.6 is 0 Å². The summed E-state index contributed by atoms with van der Waals surface area (Å²) in [4.78, 5) is 11.7. The smallest absolute Gasteiger partial charge is 0.307 e. The van der Waals surface area contributed by atoms with Gasteiger partial charge in [-0.1, -0.05) is 6.92 Å². The summed E-state index contributed by atoms with van der Waals surface area (Å²) in [6.07, 6.45) is 0.268. The van der Waals surface area contributed by atoms with E-state index in [1.165, 1.54) is 0 Å². The summed E-state index contributed by atoms with van der Waals surface area (Å²) in [5, 5.41) is 7.62. The maximum atomic E-state index is 11.7. The van der Waals surface area contributed by atoms with Crippen molar-refractivity contribution in [3.8, 4) is 5.88 Å². The third-order valence-electron chi connectivity index (χ3n) is 2.88. The van der Waals surface area contributed by atoms with Gasteiger partial charge in [-0.3, -0.25) is 4.79 Å². The average Bonchev–Trinajstić information content (AvgIpc) is 2.63. The molecule has 1 unspecified atom stereocenters. The fourth-order valence-corrected chi connectivity index (χ4v) is 2.21. The third kappa shape index (κ3) is 3.70. The van der Waals surface area contributed by atoms with Crippen molar-refractivity contribution in [1.82, 2.24) is 15.1 Å². The van der Waals surface area contributed by atoms with E-state index in [0.29, 0.717) is 12.5 Å². The Hall–Kier alpha value is -1.56. The first kappa shape index (κ1) is 15.5. The van der Waals surface area contributed by atoms with Crippen LogP contribution in [0.3, 0.4) is 0 Å². The highest BCUT2D eigenvalue weighted by Gasteiger charge is 2.25. The van der Waals surface area contributed by atoms with E-state index in [0.717, 1.165) is 17.8 Å². The van der Waals surface area contributed by atoms with Crippen LogP contribution in [0.15, 0.2) is 0 Å². The minimum Gasteiger partial charge on any atom is -0.481 e. The van der Waals surface area contributed by atoms with E-state index in [-0.39, 0.29) is 18.4 Å². The third-order valence-corrected chi connectivity index (χ3v) is 2.88. The van der Waals surface area contributed by atoms with Crippen LogP contribution in [-0.2, 0) is 16.6 Å². The molecule has 19 heavy (non-hydrogen) atoms. The average molecular weight is 269 g/mol. The van der Waals surface area contributed by atoms with Gasteiger partial charge in [0.25, 0.3) is 0 Å². The number of ether oxygens (including phenoxy) is 2. The summed E-state index contributed by atoms with van der Waals surface area (Å²) in [7, 11) is 3.43. The van der Waals surface area contributed by atoms with Crippen molar-refractivity contribution in [3.05, 3.63) is 11.3 Å². The Morgan fingerprint density at radius 1 is 1.47 bits per heavy atom. The Labute approximate surface area is 114 Å². The molecule has 0 bridgehead atoms. The van der Waals surface area contributed by atoms with Crippen molar-refractivity contribution < 1.29 is 14.3 Å². The van der Waals surface area contributed by atoms with E-state index < -0.39 is 0 Å². The molecule has 0 aliphatic rings. The Kier molecular flexibility index (Phi) is 5.82. The van der Waals surface area contributed by atoms with E-state index in [1.54, 1.807) is 18.7 Å². The molecule has 1 N–H and O–H groups in total. The lowest BCUT2D eigenvalue weighted by atomic mass is 10.0. The monoisotopic (exact) mass is 269 g/mol. The van der Waals surface area contributed by atoms with Crippen molar-refractivity contribution in [2.75, 3.05) is 20.3 Å². The van der Waals surface area contributed by atoms with Gasteiger partial charge in [-0.2, -0.15) is 5.10 Å². The predicted molar refractivity (Wildman–Crippen MR) is 72.2 cm³/mol. The number of hydrogen-bond donors (Lipinski definition) is 1. The van der Waals surface area contributed by atoms with Crippen LogP contribution in [0, 0.1) is 6.92 Å². The highest BCUT2D eigenvalue weighted by atomic mass is 16.5. The van der Waals surface area contributed by atoms with Crippen LogP contribution in [0.25, 0.3) is 0 Å². The number of esters is 1. The summed E-state index contributed by atoms with van der Waals surface area (Å²) in [6, 6.07) is -0.146. The van der Waals surface area contributed by atoms with Crippen LogP contribution in [0.4, 0.5) is 0 Å². The fraction of sp³-hybridized carbons (Fsp3) is 0.692. The van der Waals surface area contributed by atoms with Gasteiger partial charge in [0.2, 0.25) is 5.88 Å². The Balaban J connectivity index is 3.01. The van der Waals surface area contributed by atoms with E-state index in [2.05, 4.69) is 10.4 Å². The minimum atomic E-state index is -0.223. The van der Waals surface area contributed by atoms with Crippen molar-refractivity contribution in [1.29, 1.82) is 0 Å². The van der Waals surface area contributed by atoms with Crippen LogP contribution in [0.5, 0.6) is 5.88 Å². The summed E-state index contributed by atoms with van der Waals surface area (Å²) in [5.41, 5.74) is 1.77. The molecule has 0 fully saturated rings. The predicted octanol–water partition coefficient (Wildman–Crippen LogP) is 1.34. The molecular weight excluding hydrogens is 246 g/mol. The van der Waals surface area contributed by atoms with Crippen molar-refractivity contribution in [3.63, 3.8) is 0 Å². The zero-order valence-corrected chi connectivity index (χ0v) is 12.3. The van der Waals surface area contributed by atoms with Gasteiger partial charge in [0.15, 0.2) is 0 Å². The molecule has 0 aromatic carbocycles. The molecule has 0 aliphatic heterocycles. The standard InChI is InChI=1S/C13H23N3O3/c1-6-14-10(8-11(17)19-7-2)12-9(3)15-16(4)13(12)18-5/h10,14H,6-8H2,1-5H3. The fourth-order valence-electron chi connectivity index (χ4n) is 2.21. The van der Waals surface area contributed by atoms with Gasteiger partial charge >= 0.3 is 5.97 Å². The number of carbonyl (C=O) groups excluding carboxylic acids is 1. The van der Waals surface area contributed by atoms with Crippen LogP contribution in [0.1, 0.15) is 37.6 Å². The number of hydrogen-bond acceptors (Lipinski definition) is 5. The molecule has 1 heterocycles. The van der Waals surface area contributed by atoms with Crippen LogP contribution in [-0.4, -0.2) is 36.0 Å². The molecule has 1 atom stereocenters. The Bertz CT molecular complexity index is 429. The first-order valence-corrected chi connectivity index (χ1v) is 6.51. The van der Waals surface area contributed by atoms with Gasteiger partial charge in [0.05, 0.1) is 31.4 Å². The van der Waals surface area contributed by atoms with Crippen molar-refractivity contribution >= 4 is 5.97 Å². The molecule has 1 rings (SSSR count). The molecule has 0 aliphatic carbocycles. The largest absolute Gasteiger partial charge is 0.481 e. The number of aromatic nitrogens is 2. The quantitative estimate of drug-likeness (QED) is 0.757. The normalized spacial score (nSPS) is 12.3. The van der Waals surface area contributed by atoms with Crippen molar-refractivity contribution in [2.24, 2.45) is 7.05 Å². The van der Waals surface area contributed by atoms with Gasteiger partial charge in [-0.15, -0.1) is 0 Å². The summed E-state index contributed by atoms with van der Waals surface area (Å²) in [5.74, 6) is 0.450. The highest BCUT2D eigenvalue weighted by molar-refractivity contribution is 5.70. The van der Waals surface area contributed by atoms with Gasteiger partial charge in [0.1, 0.15) is 0 Å². The molecule has 6 nitrogen and oxygen atoms in total. The van der Waals surface area contributed by atoms with Gasteiger partial charge in [-0.05, 0) is 20.4 Å². The SMILES string of the molecule is CCNC(CC(=O)OCC)c1c(C)nn(C)c1OC. The lowest BCUT2D eigenvalue weighted by Gasteiger charge is -2.18. The molecule has 0 spiro atoms. The molecule has 0 amide bonds. The van der Waals surface area contributed by atoms with E-state index in [4.69, 9.17) is 9.47 Å². The summed E-state index contributed by atoms with van der Waals surface area (Å²) >= 11 is 0. The topological polar surface area (TPSA) is 65.4 Å². The molecule has 6 heteroatoms. The number of rotatable bonds is 7. The molecule has 0 saturated carbocycles. The van der Waals surface area contributed by atoms with E-state index in [9.17, 15) is 4.79 Å². The second kappa shape index (κ2) is 7.13. The molecular formula is C13H23N3O3. The summed E-state index contributed by atoms with van der Waals surface area (Å²) in [6.45, 7) is 6.85. The van der Waals surface area contributed by atoms with Gasteiger partial charge in [-0.25, -0.2) is 4.68 Å². The van der Waals surface area contributed by atoms with Crippen molar-refractivity contribution in [2.45, 2.75) is 33.2 Å². The van der Waals surface area contributed by atoms with Gasteiger partial charge < -0.3 is 14.8 Å². The molecule has 1 aromatic heterocycles. The van der Waals surface area contributed by atoms with E-state index in [1.807, 2.05) is 20.9 Å².